The highest BCUT2D eigenvalue weighted by Gasteiger charge is 2.00. The number of pyridine rings is 1. The zero-order chi connectivity index (χ0) is 11.2. The number of hydrogen-bond donors (Lipinski definition) is 1. The molecular formula is C10H12N4O2. The first-order valence-electron chi connectivity index (χ1n) is 4.86. The molecule has 0 aliphatic carbocycles. The highest BCUT2D eigenvalue weighted by molar-refractivity contribution is 5.19. The van der Waals surface area contributed by atoms with Gasteiger partial charge in [0.15, 0.2) is 6.61 Å². The largest absolute Gasteiger partial charge is 0.484 e. The summed E-state index contributed by atoms with van der Waals surface area (Å²) in [4.78, 5) is 8.06. The molecule has 16 heavy (non-hydrogen) atoms. The van der Waals surface area contributed by atoms with Crippen LogP contribution in [0.3, 0.4) is 0 Å². The Labute approximate surface area is 92.7 Å². The predicted octanol–water partition coefficient (Wildman–Crippen LogP) is 0.763. The second kappa shape index (κ2) is 5.22. The molecule has 6 heteroatoms. The van der Waals surface area contributed by atoms with Crippen LogP contribution in [0, 0.1) is 0 Å². The number of ether oxygens (including phenoxy) is 1. The Kier molecular flexibility index (Phi) is 3.45. The Morgan fingerprint density at radius 2 is 2.31 bits per heavy atom. The Balaban J connectivity index is 1.90. The number of aromatic nitrogens is 3. The molecular weight excluding hydrogens is 208 g/mol. The average molecular weight is 220 g/mol. The Morgan fingerprint density at radius 3 is 2.94 bits per heavy atom. The lowest BCUT2D eigenvalue weighted by molar-refractivity contribution is 0.285. The Hall–Kier alpha value is -1.95. The van der Waals surface area contributed by atoms with Crippen molar-refractivity contribution < 1.29 is 9.26 Å². The van der Waals surface area contributed by atoms with Crippen LogP contribution in [0.15, 0.2) is 29.2 Å². The minimum atomic E-state index is 0.281. The normalized spacial score (nSPS) is 10.3. The molecule has 1 N–H and O–H groups in total. The minimum absolute atomic E-state index is 0.281. The first-order valence-corrected chi connectivity index (χ1v) is 4.86. The molecule has 0 radical (unpaired) electrons. The van der Waals surface area contributed by atoms with Gasteiger partial charge in [-0.3, -0.25) is 4.98 Å². The summed E-state index contributed by atoms with van der Waals surface area (Å²) in [5, 5.41) is 6.66. The van der Waals surface area contributed by atoms with Crippen LogP contribution in [0.5, 0.6) is 5.75 Å². The number of nitrogens with one attached hydrogen (secondary N) is 1. The molecule has 0 spiro atoms. The lowest BCUT2D eigenvalue weighted by Gasteiger charge is -2.03. The fourth-order valence-corrected chi connectivity index (χ4v) is 1.19. The third kappa shape index (κ3) is 2.77. The molecule has 6 nitrogen and oxygen atoms in total. The molecule has 2 aromatic heterocycles. The maximum absolute atomic E-state index is 5.42. The topological polar surface area (TPSA) is 73.1 Å². The zero-order valence-corrected chi connectivity index (χ0v) is 8.88. The van der Waals surface area contributed by atoms with Gasteiger partial charge in [0.05, 0.1) is 11.9 Å². The van der Waals surface area contributed by atoms with Gasteiger partial charge in [0.25, 0.3) is 0 Å². The van der Waals surface area contributed by atoms with Crippen LogP contribution in [0.25, 0.3) is 0 Å². The van der Waals surface area contributed by atoms with E-state index in [0.29, 0.717) is 11.6 Å². The quantitative estimate of drug-likeness (QED) is 0.802. The van der Waals surface area contributed by atoms with E-state index in [9.17, 15) is 0 Å². The molecule has 0 aliphatic rings. The van der Waals surface area contributed by atoms with Crippen molar-refractivity contribution in [3.63, 3.8) is 0 Å². The van der Waals surface area contributed by atoms with Crippen LogP contribution in [-0.4, -0.2) is 22.2 Å². The van der Waals surface area contributed by atoms with E-state index in [1.54, 1.807) is 6.20 Å². The van der Waals surface area contributed by atoms with E-state index >= 15 is 0 Å². The highest BCUT2D eigenvalue weighted by atomic mass is 16.5. The monoisotopic (exact) mass is 220 g/mol. The lowest BCUT2D eigenvalue weighted by atomic mass is 10.3. The van der Waals surface area contributed by atoms with E-state index in [4.69, 9.17) is 4.74 Å². The molecule has 0 aliphatic heterocycles. The SMILES string of the molecule is CNCc1ccc(OCc2ncon2)cn1. The minimum Gasteiger partial charge on any atom is -0.484 e. The van der Waals surface area contributed by atoms with Gasteiger partial charge >= 0.3 is 0 Å². The van der Waals surface area contributed by atoms with Crippen molar-refractivity contribution in [2.75, 3.05) is 7.05 Å². The number of rotatable bonds is 5. The van der Waals surface area contributed by atoms with Crippen molar-refractivity contribution in [1.29, 1.82) is 0 Å². The second-order valence-electron chi connectivity index (χ2n) is 3.15. The van der Waals surface area contributed by atoms with Gasteiger partial charge in [-0.1, -0.05) is 5.16 Å². The zero-order valence-electron chi connectivity index (χ0n) is 8.88. The van der Waals surface area contributed by atoms with Crippen LogP contribution in [0.2, 0.25) is 0 Å². The fraction of sp³-hybridized carbons (Fsp3) is 0.300. The molecule has 0 atom stereocenters. The van der Waals surface area contributed by atoms with Crippen molar-refractivity contribution in [2.24, 2.45) is 0 Å². The Morgan fingerprint density at radius 1 is 1.38 bits per heavy atom. The van der Waals surface area contributed by atoms with Gasteiger partial charge in [0.2, 0.25) is 12.2 Å². The van der Waals surface area contributed by atoms with Crippen LogP contribution in [0.4, 0.5) is 0 Å². The first kappa shape index (κ1) is 10.6. The molecule has 0 saturated heterocycles. The number of nitrogens with zero attached hydrogens (tertiary/aromatic N) is 3. The molecule has 0 saturated carbocycles. The van der Waals surface area contributed by atoms with E-state index in [-0.39, 0.29) is 6.61 Å². The van der Waals surface area contributed by atoms with Crippen molar-refractivity contribution in [1.82, 2.24) is 20.4 Å². The van der Waals surface area contributed by atoms with E-state index < -0.39 is 0 Å². The fourth-order valence-electron chi connectivity index (χ4n) is 1.19. The summed E-state index contributed by atoms with van der Waals surface area (Å²) in [7, 11) is 1.88. The van der Waals surface area contributed by atoms with Crippen LogP contribution >= 0.6 is 0 Å². The average Bonchev–Trinajstić information content (AvgIpc) is 2.82. The summed E-state index contributed by atoms with van der Waals surface area (Å²) in [6, 6.07) is 3.77. The van der Waals surface area contributed by atoms with Gasteiger partial charge in [0, 0.05) is 6.54 Å². The predicted molar refractivity (Wildman–Crippen MR) is 55.6 cm³/mol. The summed E-state index contributed by atoms with van der Waals surface area (Å²) in [6.07, 6.45) is 2.94. The summed E-state index contributed by atoms with van der Waals surface area (Å²) >= 11 is 0. The molecule has 2 rings (SSSR count). The van der Waals surface area contributed by atoms with Crippen molar-refractivity contribution >= 4 is 0 Å². The molecule has 84 valence electrons. The first-order chi connectivity index (χ1) is 7.88. The van der Waals surface area contributed by atoms with Gasteiger partial charge in [0.1, 0.15) is 5.75 Å². The molecule has 2 heterocycles. The molecule has 0 aromatic carbocycles. The van der Waals surface area contributed by atoms with E-state index in [1.165, 1.54) is 6.39 Å². The van der Waals surface area contributed by atoms with Crippen LogP contribution < -0.4 is 10.1 Å². The molecule has 0 fully saturated rings. The van der Waals surface area contributed by atoms with Crippen molar-refractivity contribution in [3.05, 3.63) is 36.2 Å². The third-order valence-corrected chi connectivity index (χ3v) is 1.93. The maximum Gasteiger partial charge on any atom is 0.213 e. The van der Waals surface area contributed by atoms with Crippen LogP contribution in [0.1, 0.15) is 11.5 Å². The van der Waals surface area contributed by atoms with E-state index in [2.05, 4.69) is 25.0 Å². The molecule has 0 bridgehead atoms. The van der Waals surface area contributed by atoms with Crippen molar-refractivity contribution in [3.8, 4) is 5.75 Å². The Bertz CT molecular complexity index is 413. The summed E-state index contributed by atoms with van der Waals surface area (Å²) in [5.74, 6) is 1.20. The summed E-state index contributed by atoms with van der Waals surface area (Å²) in [5.41, 5.74) is 0.967. The molecule has 2 aromatic rings. The standard InChI is InChI=1S/C10H12N4O2/c1-11-4-8-2-3-9(5-12-8)15-6-10-13-7-16-14-10/h2-3,5,7,11H,4,6H2,1H3. The van der Waals surface area contributed by atoms with Crippen LogP contribution in [-0.2, 0) is 13.2 Å². The van der Waals surface area contributed by atoms with E-state index in [1.807, 2.05) is 19.2 Å². The maximum atomic E-state index is 5.42. The van der Waals surface area contributed by atoms with E-state index in [0.717, 1.165) is 12.2 Å². The second-order valence-corrected chi connectivity index (χ2v) is 3.15. The molecule has 0 amide bonds. The summed E-state index contributed by atoms with van der Waals surface area (Å²) < 4.78 is 10.0. The van der Waals surface area contributed by atoms with Gasteiger partial charge in [-0.25, -0.2) is 0 Å². The third-order valence-electron chi connectivity index (χ3n) is 1.93. The van der Waals surface area contributed by atoms with Gasteiger partial charge in [-0.15, -0.1) is 0 Å². The van der Waals surface area contributed by atoms with Gasteiger partial charge in [-0.2, -0.15) is 4.98 Å². The van der Waals surface area contributed by atoms with Gasteiger partial charge in [-0.05, 0) is 19.2 Å². The smallest absolute Gasteiger partial charge is 0.213 e. The van der Waals surface area contributed by atoms with Gasteiger partial charge < -0.3 is 14.6 Å². The lowest BCUT2D eigenvalue weighted by Crippen LogP contribution is -2.06. The highest BCUT2D eigenvalue weighted by Crippen LogP contribution is 2.10. The number of hydrogen-bond acceptors (Lipinski definition) is 6. The summed E-state index contributed by atoms with van der Waals surface area (Å²) in [6.45, 7) is 1.02. The van der Waals surface area contributed by atoms with Crippen molar-refractivity contribution in [2.45, 2.75) is 13.2 Å². The molecule has 0 unspecified atom stereocenters.